The minimum absolute atomic E-state index is 0.0544. The molecule has 4 heterocycles. The van der Waals surface area contributed by atoms with Crippen molar-refractivity contribution in [3.63, 3.8) is 0 Å². The van der Waals surface area contributed by atoms with Crippen molar-refractivity contribution in [1.82, 2.24) is 25.1 Å². The molecular weight excluding hydrogens is 388 g/mol. The standard InChI is InChI=1S/C20H24N6O2S/c1-13-14(2)29-19-18(13)20(28)26(12-21-19)10-7-17(27)23-15-5-4-9-25(11-15)16-6-3-8-22-24-16/h3,6,8,12,15H,4-5,7,9-11H2,1-2H3,(H,23,27). The topological polar surface area (TPSA) is 93.0 Å². The molecule has 1 fully saturated rings. The molecular formula is C20H24N6O2S. The Morgan fingerprint density at radius 2 is 2.24 bits per heavy atom. The second-order valence-electron chi connectivity index (χ2n) is 7.39. The fourth-order valence-electron chi connectivity index (χ4n) is 3.72. The van der Waals surface area contributed by atoms with Crippen LogP contribution in [0.5, 0.6) is 0 Å². The summed E-state index contributed by atoms with van der Waals surface area (Å²) in [4.78, 5) is 33.6. The van der Waals surface area contributed by atoms with Gasteiger partial charge in [0.15, 0.2) is 5.82 Å². The van der Waals surface area contributed by atoms with Crippen LogP contribution in [0.3, 0.4) is 0 Å². The van der Waals surface area contributed by atoms with E-state index < -0.39 is 0 Å². The van der Waals surface area contributed by atoms with Crippen molar-refractivity contribution in [2.75, 3.05) is 18.0 Å². The number of hydrogen-bond acceptors (Lipinski definition) is 7. The molecule has 8 nitrogen and oxygen atoms in total. The molecule has 1 atom stereocenters. The van der Waals surface area contributed by atoms with Gasteiger partial charge in [-0.05, 0) is 44.4 Å². The minimum Gasteiger partial charge on any atom is -0.353 e. The lowest BCUT2D eigenvalue weighted by Crippen LogP contribution is -2.48. The van der Waals surface area contributed by atoms with Crippen LogP contribution in [0, 0.1) is 13.8 Å². The molecule has 0 radical (unpaired) electrons. The molecule has 0 aromatic carbocycles. The van der Waals surface area contributed by atoms with Gasteiger partial charge in [-0.3, -0.25) is 14.2 Å². The van der Waals surface area contributed by atoms with Gasteiger partial charge >= 0.3 is 0 Å². The monoisotopic (exact) mass is 412 g/mol. The SMILES string of the molecule is Cc1sc2ncn(CCC(=O)NC3CCCN(c4cccnn4)C3)c(=O)c2c1C. The molecule has 4 rings (SSSR count). The van der Waals surface area contributed by atoms with E-state index in [0.717, 1.165) is 40.5 Å². The Kier molecular flexibility index (Phi) is 5.57. The zero-order valence-corrected chi connectivity index (χ0v) is 17.4. The Bertz CT molecular complexity index is 1080. The maximum atomic E-state index is 12.7. The van der Waals surface area contributed by atoms with Crippen LogP contribution in [0.25, 0.3) is 10.2 Å². The van der Waals surface area contributed by atoms with E-state index in [0.29, 0.717) is 18.5 Å². The number of anilines is 1. The predicted molar refractivity (Wildman–Crippen MR) is 113 cm³/mol. The van der Waals surface area contributed by atoms with E-state index in [1.807, 2.05) is 26.0 Å². The summed E-state index contributed by atoms with van der Waals surface area (Å²) in [7, 11) is 0. The van der Waals surface area contributed by atoms with Crippen molar-refractivity contribution in [2.45, 2.75) is 45.7 Å². The second kappa shape index (κ2) is 8.28. The molecule has 0 bridgehead atoms. The molecule has 152 valence electrons. The van der Waals surface area contributed by atoms with Crippen LogP contribution < -0.4 is 15.8 Å². The first-order chi connectivity index (χ1) is 14.0. The number of hydrogen-bond donors (Lipinski definition) is 1. The molecule has 29 heavy (non-hydrogen) atoms. The Morgan fingerprint density at radius 3 is 3.03 bits per heavy atom. The largest absolute Gasteiger partial charge is 0.353 e. The third kappa shape index (κ3) is 4.14. The molecule has 0 aliphatic carbocycles. The molecule has 9 heteroatoms. The van der Waals surface area contributed by atoms with Crippen LogP contribution >= 0.6 is 11.3 Å². The van der Waals surface area contributed by atoms with E-state index in [1.54, 1.807) is 12.5 Å². The molecule has 3 aromatic heterocycles. The first-order valence-corrected chi connectivity index (χ1v) is 10.6. The maximum absolute atomic E-state index is 12.7. The summed E-state index contributed by atoms with van der Waals surface area (Å²) in [6.45, 7) is 5.88. The Hall–Kier alpha value is -2.81. The highest BCUT2D eigenvalue weighted by Crippen LogP contribution is 2.25. The van der Waals surface area contributed by atoms with Gasteiger partial charge in [0.05, 0.1) is 11.7 Å². The zero-order valence-electron chi connectivity index (χ0n) is 16.6. The Labute approximate surface area is 172 Å². The molecule has 1 saturated heterocycles. The van der Waals surface area contributed by atoms with E-state index >= 15 is 0 Å². The van der Waals surface area contributed by atoms with Crippen LogP contribution in [0.2, 0.25) is 0 Å². The lowest BCUT2D eigenvalue weighted by molar-refractivity contribution is -0.122. The van der Waals surface area contributed by atoms with Crippen LogP contribution in [0.1, 0.15) is 29.7 Å². The van der Waals surface area contributed by atoms with Gasteiger partial charge in [0.2, 0.25) is 5.91 Å². The number of carbonyl (C=O) groups excluding carboxylic acids is 1. The van der Waals surface area contributed by atoms with Gasteiger partial charge in [-0.2, -0.15) is 5.10 Å². The van der Waals surface area contributed by atoms with Crippen LogP contribution in [0.15, 0.2) is 29.5 Å². The normalized spacial score (nSPS) is 16.9. The van der Waals surface area contributed by atoms with Gasteiger partial charge < -0.3 is 10.2 Å². The molecule has 0 saturated carbocycles. The van der Waals surface area contributed by atoms with Crippen LogP contribution in [-0.2, 0) is 11.3 Å². The third-order valence-electron chi connectivity index (χ3n) is 5.40. The lowest BCUT2D eigenvalue weighted by atomic mass is 10.1. The lowest BCUT2D eigenvalue weighted by Gasteiger charge is -2.33. The molecule has 1 unspecified atom stereocenters. The number of fused-ring (bicyclic) bond motifs is 1. The quantitative estimate of drug-likeness (QED) is 0.689. The highest BCUT2D eigenvalue weighted by molar-refractivity contribution is 7.18. The summed E-state index contributed by atoms with van der Waals surface area (Å²) in [5.41, 5.74) is 0.906. The molecule has 1 aliphatic rings. The number of rotatable bonds is 5. The van der Waals surface area contributed by atoms with Crippen molar-refractivity contribution in [2.24, 2.45) is 0 Å². The Morgan fingerprint density at radius 1 is 1.38 bits per heavy atom. The molecule has 3 aromatic rings. The van der Waals surface area contributed by atoms with Gasteiger partial charge in [0.25, 0.3) is 5.56 Å². The summed E-state index contributed by atoms with van der Waals surface area (Å²) in [5.74, 6) is 0.778. The van der Waals surface area contributed by atoms with Gasteiger partial charge in [0.1, 0.15) is 4.83 Å². The molecule has 1 aliphatic heterocycles. The second-order valence-corrected chi connectivity index (χ2v) is 8.59. The number of amides is 1. The number of thiophene rings is 1. The van der Waals surface area contributed by atoms with Gasteiger partial charge in [-0.25, -0.2) is 4.98 Å². The predicted octanol–water partition coefficient (Wildman–Crippen LogP) is 2.04. The number of nitrogens with one attached hydrogen (secondary N) is 1. The highest BCUT2D eigenvalue weighted by atomic mass is 32.1. The highest BCUT2D eigenvalue weighted by Gasteiger charge is 2.22. The minimum atomic E-state index is -0.0730. The fourth-order valence-corrected chi connectivity index (χ4v) is 4.70. The van der Waals surface area contributed by atoms with Crippen molar-refractivity contribution in [3.8, 4) is 0 Å². The number of aromatic nitrogens is 4. The summed E-state index contributed by atoms with van der Waals surface area (Å²) in [5, 5.41) is 11.9. The number of nitrogens with zero attached hydrogens (tertiary/aromatic N) is 5. The summed E-state index contributed by atoms with van der Waals surface area (Å²) in [6, 6.07) is 3.86. The summed E-state index contributed by atoms with van der Waals surface area (Å²) < 4.78 is 1.54. The van der Waals surface area contributed by atoms with E-state index in [2.05, 4.69) is 25.4 Å². The van der Waals surface area contributed by atoms with Gasteiger partial charge in [-0.15, -0.1) is 16.4 Å². The Balaban J connectivity index is 1.37. The smallest absolute Gasteiger partial charge is 0.262 e. The molecule has 1 N–H and O–H groups in total. The van der Waals surface area contributed by atoms with Crippen LogP contribution in [-0.4, -0.2) is 44.8 Å². The van der Waals surface area contributed by atoms with Gasteiger partial charge in [-0.1, -0.05) is 0 Å². The first-order valence-electron chi connectivity index (χ1n) is 9.80. The first kappa shape index (κ1) is 19.5. The van der Waals surface area contributed by atoms with E-state index in [9.17, 15) is 9.59 Å². The third-order valence-corrected chi connectivity index (χ3v) is 6.52. The van der Waals surface area contributed by atoms with E-state index in [-0.39, 0.29) is 23.9 Å². The van der Waals surface area contributed by atoms with Crippen molar-refractivity contribution in [3.05, 3.63) is 45.5 Å². The fraction of sp³-hybridized carbons (Fsp3) is 0.450. The number of piperidine rings is 1. The summed E-state index contributed by atoms with van der Waals surface area (Å²) in [6.07, 6.45) is 5.36. The van der Waals surface area contributed by atoms with Crippen molar-refractivity contribution in [1.29, 1.82) is 0 Å². The van der Waals surface area contributed by atoms with Crippen molar-refractivity contribution >= 4 is 33.3 Å². The summed E-state index contributed by atoms with van der Waals surface area (Å²) >= 11 is 1.53. The zero-order chi connectivity index (χ0) is 20.4. The van der Waals surface area contributed by atoms with Crippen LogP contribution in [0.4, 0.5) is 5.82 Å². The maximum Gasteiger partial charge on any atom is 0.262 e. The van der Waals surface area contributed by atoms with Crippen molar-refractivity contribution < 1.29 is 4.79 Å². The van der Waals surface area contributed by atoms with Gasteiger partial charge in [0, 0.05) is 43.2 Å². The number of carbonyl (C=O) groups is 1. The average Bonchev–Trinajstić information content (AvgIpc) is 3.03. The molecule has 1 amide bonds. The van der Waals surface area contributed by atoms with E-state index in [4.69, 9.17) is 0 Å². The number of aryl methyl sites for hydroxylation is 3. The average molecular weight is 413 g/mol. The molecule has 0 spiro atoms. The van der Waals surface area contributed by atoms with E-state index in [1.165, 1.54) is 15.9 Å².